The number of likely N-dealkylation sites (N-methyl/N-ethyl adjacent to an activating group) is 1. The van der Waals surface area contributed by atoms with Crippen LogP contribution in [0.2, 0.25) is 0 Å². The number of aliphatic hydroxyl groups is 1. The molecule has 0 fully saturated rings. The number of benzene rings is 1. The third-order valence-corrected chi connectivity index (χ3v) is 2.51. The summed E-state index contributed by atoms with van der Waals surface area (Å²) in [5.74, 6) is 0.533. The second kappa shape index (κ2) is 5.13. The summed E-state index contributed by atoms with van der Waals surface area (Å²) in [7, 11) is 1.86. The lowest BCUT2D eigenvalue weighted by Gasteiger charge is -2.15. The van der Waals surface area contributed by atoms with E-state index in [-0.39, 0.29) is 12.6 Å². The van der Waals surface area contributed by atoms with Gasteiger partial charge in [-0.05, 0) is 24.1 Å². The van der Waals surface area contributed by atoms with Crippen LogP contribution in [0.3, 0.4) is 0 Å². The van der Waals surface area contributed by atoms with Gasteiger partial charge in [-0.2, -0.15) is 0 Å². The summed E-state index contributed by atoms with van der Waals surface area (Å²) < 4.78 is 0. The topological polar surface area (TPSA) is 32.3 Å². The van der Waals surface area contributed by atoms with E-state index in [2.05, 4.69) is 31.3 Å². The number of aliphatic hydroxyl groups excluding tert-OH is 1. The molecule has 0 spiro atoms. The first-order valence-electron chi connectivity index (χ1n) is 5.07. The zero-order valence-electron chi connectivity index (χ0n) is 9.12. The Morgan fingerprint density at radius 2 is 1.93 bits per heavy atom. The predicted octanol–water partition coefficient (Wildman–Crippen LogP) is 2.06. The third-order valence-electron chi connectivity index (χ3n) is 2.51. The number of hydrogen-bond donors (Lipinski definition) is 2. The van der Waals surface area contributed by atoms with Crippen molar-refractivity contribution >= 4 is 0 Å². The lowest BCUT2D eigenvalue weighted by atomic mass is 9.98. The Hall–Kier alpha value is -0.860. The Bertz CT molecular complexity index is 279. The molecule has 0 aromatic heterocycles. The highest BCUT2D eigenvalue weighted by atomic mass is 16.3. The van der Waals surface area contributed by atoms with E-state index in [1.165, 1.54) is 5.56 Å². The van der Waals surface area contributed by atoms with Crippen LogP contribution in [-0.4, -0.2) is 18.8 Å². The summed E-state index contributed by atoms with van der Waals surface area (Å²) in [5.41, 5.74) is 2.47. The number of hydrogen-bond acceptors (Lipinski definition) is 2. The molecule has 2 nitrogen and oxygen atoms in total. The fourth-order valence-electron chi connectivity index (χ4n) is 1.50. The molecule has 0 unspecified atom stereocenters. The van der Waals surface area contributed by atoms with E-state index in [4.69, 9.17) is 5.11 Å². The fraction of sp³-hybridized carbons (Fsp3) is 0.500. The van der Waals surface area contributed by atoms with Crippen molar-refractivity contribution in [2.75, 3.05) is 13.7 Å². The monoisotopic (exact) mass is 193 g/mol. The standard InChI is InChI=1S/C12H19NO/c1-9(2)10-5-4-6-11(7-10)12(8-14)13-3/h4-7,9,12-14H,8H2,1-3H3/t12-/m1/s1. The summed E-state index contributed by atoms with van der Waals surface area (Å²) in [4.78, 5) is 0. The molecule has 0 aliphatic heterocycles. The Labute approximate surface area is 86.0 Å². The second-order valence-electron chi connectivity index (χ2n) is 3.85. The molecule has 0 radical (unpaired) electrons. The van der Waals surface area contributed by atoms with Crippen LogP contribution in [0.25, 0.3) is 0 Å². The summed E-state index contributed by atoms with van der Waals surface area (Å²) in [5, 5.41) is 12.2. The van der Waals surface area contributed by atoms with Crippen LogP contribution >= 0.6 is 0 Å². The van der Waals surface area contributed by atoms with Gasteiger partial charge in [-0.1, -0.05) is 38.1 Å². The van der Waals surface area contributed by atoms with Gasteiger partial charge >= 0.3 is 0 Å². The van der Waals surface area contributed by atoms with E-state index < -0.39 is 0 Å². The largest absolute Gasteiger partial charge is 0.394 e. The molecule has 0 aliphatic rings. The maximum absolute atomic E-state index is 9.15. The van der Waals surface area contributed by atoms with Gasteiger partial charge in [0.25, 0.3) is 0 Å². The lowest BCUT2D eigenvalue weighted by Crippen LogP contribution is -2.19. The average Bonchev–Trinajstić information content (AvgIpc) is 2.20. The van der Waals surface area contributed by atoms with Gasteiger partial charge in [-0.25, -0.2) is 0 Å². The normalized spacial score (nSPS) is 13.2. The third kappa shape index (κ3) is 2.56. The molecule has 14 heavy (non-hydrogen) atoms. The summed E-state index contributed by atoms with van der Waals surface area (Å²) >= 11 is 0. The van der Waals surface area contributed by atoms with Gasteiger partial charge in [0.1, 0.15) is 0 Å². The molecule has 0 heterocycles. The molecular weight excluding hydrogens is 174 g/mol. The van der Waals surface area contributed by atoms with Crippen molar-refractivity contribution in [2.24, 2.45) is 0 Å². The molecular formula is C12H19NO. The average molecular weight is 193 g/mol. The number of nitrogens with one attached hydrogen (secondary N) is 1. The van der Waals surface area contributed by atoms with Crippen molar-refractivity contribution < 1.29 is 5.11 Å². The molecule has 0 saturated carbocycles. The van der Waals surface area contributed by atoms with Gasteiger partial charge in [-0.3, -0.25) is 0 Å². The van der Waals surface area contributed by atoms with Crippen LogP contribution in [0.1, 0.15) is 36.9 Å². The number of rotatable bonds is 4. The maximum atomic E-state index is 9.15. The SMILES string of the molecule is CN[C@H](CO)c1cccc(C(C)C)c1. The van der Waals surface area contributed by atoms with E-state index in [0.717, 1.165) is 5.56 Å². The van der Waals surface area contributed by atoms with Crippen molar-refractivity contribution in [1.29, 1.82) is 0 Å². The molecule has 2 N–H and O–H groups in total. The zero-order chi connectivity index (χ0) is 10.6. The van der Waals surface area contributed by atoms with E-state index >= 15 is 0 Å². The quantitative estimate of drug-likeness (QED) is 0.767. The lowest BCUT2D eigenvalue weighted by molar-refractivity contribution is 0.251. The molecule has 1 rings (SSSR count). The Morgan fingerprint density at radius 3 is 2.43 bits per heavy atom. The van der Waals surface area contributed by atoms with Gasteiger partial charge in [0.05, 0.1) is 12.6 Å². The minimum Gasteiger partial charge on any atom is -0.394 e. The van der Waals surface area contributed by atoms with E-state index in [1.807, 2.05) is 19.2 Å². The maximum Gasteiger partial charge on any atom is 0.0626 e. The molecule has 0 amide bonds. The Kier molecular flexibility index (Phi) is 4.11. The molecule has 1 atom stereocenters. The highest BCUT2D eigenvalue weighted by Gasteiger charge is 2.08. The van der Waals surface area contributed by atoms with Crippen LogP contribution in [0, 0.1) is 0 Å². The van der Waals surface area contributed by atoms with Crippen molar-refractivity contribution in [3.63, 3.8) is 0 Å². The van der Waals surface area contributed by atoms with Gasteiger partial charge in [-0.15, -0.1) is 0 Å². The fourth-order valence-corrected chi connectivity index (χ4v) is 1.50. The Morgan fingerprint density at radius 1 is 1.29 bits per heavy atom. The molecule has 1 aromatic carbocycles. The van der Waals surface area contributed by atoms with Gasteiger partial charge < -0.3 is 10.4 Å². The van der Waals surface area contributed by atoms with Crippen molar-refractivity contribution in [3.8, 4) is 0 Å². The molecule has 78 valence electrons. The van der Waals surface area contributed by atoms with Crippen molar-refractivity contribution in [3.05, 3.63) is 35.4 Å². The van der Waals surface area contributed by atoms with Crippen molar-refractivity contribution in [2.45, 2.75) is 25.8 Å². The van der Waals surface area contributed by atoms with E-state index in [9.17, 15) is 0 Å². The van der Waals surface area contributed by atoms with Crippen LogP contribution in [0.5, 0.6) is 0 Å². The second-order valence-corrected chi connectivity index (χ2v) is 3.85. The summed E-state index contributed by atoms with van der Waals surface area (Å²) in [6.07, 6.45) is 0. The smallest absolute Gasteiger partial charge is 0.0626 e. The highest BCUT2D eigenvalue weighted by Crippen LogP contribution is 2.19. The van der Waals surface area contributed by atoms with E-state index in [0.29, 0.717) is 5.92 Å². The Balaban J connectivity index is 2.92. The first-order chi connectivity index (χ1) is 6.69. The summed E-state index contributed by atoms with van der Waals surface area (Å²) in [6, 6.07) is 8.42. The predicted molar refractivity (Wildman–Crippen MR) is 59.4 cm³/mol. The van der Waals surface area contributed by atoms with Crippen LogP contribution < -0.4 is 5.32 Å². The molecule has 2 heteroatoms. The van der Waals surface area contributed by atoms with Crippen LogP contribution in [0.15, 0.2) is 24.3 Å². The van der Waals surface area contributed by atoms with Crippen LogP contribution in [0.4, 0.5) is 0 Å². The van der Waals surface area contributed by atoms with Crippen molar-refractivity contribution in [1.82, 2.24) is 5.32 Å². The minimum atomic E-state index is 0.0497. The molecule has 1 aromatic rings. The van der Waals surface area contributed by atoms with Gasteiger partial charge in [0.2, 0.25) is 0 Å². The first kappa shape index (κ1) is 11.2. The summed E-state index contributed by atoms with van der Waals surface area (Å²) in [6.45, 7) is 4.48. The van der Waals surface area contributed by atoms with Crippen LogP contribution in [-0.2, 0) is 0 Å². The zero-order valence-corrected chi connectivity index (χ0v) is 9.12. The minimum absolute atomic E-state index is 0.0497. The molecule has 0 bridgehead atoms. The van der Waals surface area contributed by atoms with Gasteiger partial charge in [0, 0.05) is 0 Å². The first-order valence-corrected chi connectivity index (χ1v) is 5.07. The van der Waals surface area contributed by atoms with E-state index in [1.54, 1.807) is 0 Å². The molecule has 0 aliphatic carbocycles. The molecule has 0 saturated heterocycles. The van der Waals surface area contributed by atoms with Gasteiger partial charge in [0.15, 0.2) is 0 Å². The highest BCUT2D eigenvalue weighted by molar-refractivity contribution is 5.28.